The molecule has 2 heterocycles. The molecule has 1 N–H and O–H groups in total. The summed E-state index contributed by atoms with van der Waals surface area (Å²) in [6.45, 7) is 6.96. The van der Waals surface area contributed by atoms with Crippen LogP contribution in [0.2, 0.25) is 0 Å². The van der Waals surface area contributed by atoms with Crippen LogP contribution in [0.25, 0.3) is 0 Å². The van der Waals surface area contributed by atoms with Crippen molar-refractivity contribution in [2.45, 2.75) is 45.6 Å². The minimum atomic E-state index is -0.00324. The molecule has 0 bridgehead atoms. The van der Waals surface area contributed by atoms with Gasteiger partial charge in [0.25, 0.3) is 0 Å². The fourth-order valence-electron chi connectivity index (χ4n) is 3.18. The lowest BCUT2D eigenvalue weighted by atomic mass is 10.2. The topological polar surface area (TPSA) is 52.7 Å². The van der Waals surface area contributed by atoms with Crippen LogP contribution >= 0.6 is 11.3 Å². The van der Waals surface area contributed by atoms with Gasteiger partial charge in [0.05, 0.1) is 0 Å². The van der Waals surface area contributed by atoms with E-state index in [-0.39, 0.29) is 18.0 Å². The van der Waals surface area contributed by atoms with Crippen LogP contribution in [0.1, 0.15) is 35.9 Å². The van der Waals surface area contributed by atoms with E-state index < -0.39 is 0 Å². The van der Waals surface area contributed by atoms with E-state index in [4.69, 9.17) is 0 Å². The molecule has 1 saturated heterocycles. The maximum absolute atomic E-state index is 12.5. The van der Waals surface area contributed by atoms with Gasteiger partial charge in [0.2, 0.25) is 5.91 Å². The van der Waals surface area contributed by atoms with E-state index in [2.05, 4.69) is 24.4 Å². The molecule has 0 radical (unpaired) electrons. The molecular formula is C18H27N3O2S. The number of carbonyl (C=O) groups is 2. The summed E-state index contributed by atoms with van der Waals surface area (Å²) in [5.74, 6) is 0.554. The first-order valence-electron chi connectivity index (χ1n) is 8.92. The first-order valence-corrected chi connectivity index (χ1v) is 9.74. The number of hydrogen-bond acceptors (Lipinski definition) is 3. The lowest BCUT2D eigenvalue weighted by molar-refractivity contribution is -0.132. The van der Waals surface area contributed by atoms with E-state index in [1.807, 2.05) is 16.7 Å². The summed E-state index contributed by atoms with van der Waals surface area (Å²) < 4.78 is 0. The Bertz CT molecular complexity index is 597. The van der Waals surface area contributed by atoms with Crippen LogP contribution in [-0.2, 0) is 11.2 Å². The number of rotatable bonds is 4. The Morgan fingerprint density at radius 1 is 1.21 bits per heavy atom. The highest BCUT2D eigenvalue weighted by molar-refractivity contribution is 7.11. The van der Waals surface area contributed by atoms with Crippen molar-refractivity contribution in [3.8, 4) is 0 Å². The lowest BCUT2D eigenvalue weighted by Crippen LogP contribution is -2.46. The molecule has 1 aliphatic heterocycles. The molecule has 1 aromatic rings. The normalized spacial score (nSPS) is 19.8. The van der Waals surface area contributed by atoms with E-state index in [1.54, 1.807) is 11.3 Å². The molecule has 2 aliphatic rings. The molecule has 0 aromatic carbocycles. The summed E-state index contributed by atoms with van der Waals surface area (Å²) in [6.07, 6.45) is 3.81. The molecule has 6 heteroatoms. The summed E-state index contributed by atoms with van der Waals surface area (Å²) in [6, 6.07) is 4.37. The number of nitrogens with zero attached hydrogens (tertiary/aromatic N) is 2. The molecule has 1 unspecified atom stereocenters. The molecule has 0 spiro atoms. The monoisotopic (exact) mass is 349 g/mol. The number of amides is 3. The minimum absolute atomic E-state index is 0.00324. The third-order valence-electron chi connectivity index (χ3n) is 4.69. The Labute approximate surface area is 148 Å². The van der Waals surface area contributed by atoms with Crippen molar-refractivity contribution >= 4 is 23.3 Å². The fourth-order valence-corrected chi connectivity index (χ4v) is 4.20. The molecule has 5 nitrogen and oxygen atoms in total. The highest BCUT2D eigenvalue weighted by atomic mass is 32.1. The fraction of sp³-hybridized carbons (Fsp3) is 0.667. The van der Waals surface area contributed by atoms with Crippen molar-refractivity contribution < 1.29 is 9.59 Å². The molecule has 2 fully saturated rings. The Kier molecular flexibility index (Phi) is 5.43. The molecule has 1 saturated carbocycles. The standard InChI is InChI=1S/C18H27N3O2S/c1-13(12-16-7-4-14(2)24-16)19-18(23)21-9-3-8-20(10-11-21)17(22)15-5-6-15/h4,7,13,15H,3,5-6,8-12H2,1-2H3,(H,19,23). The van der Waals surface area contributed by atoms with Crippen molar-refractivity contribution in [3.05, 3.63) is 21.9 Å². The van der Waals surface area contributed by atoms with Crippen molar-refractivity contribution in [2.75, 3.05) is 26.2 Å². The smallest absolute Gasteiger partial charge is 0.317 e. The van der Waals surface area contributed by atoms with Crippen LogP contribution in [0.4, 0.5) is 4.79 Å². The van der Waals surface area contributed by atoms with Gasteiger partial charge in [0.1, 0.15) is 0 Å². The molecule has 1 atom stereocenters. The summed E-state index contributed by atoms with van der Waals surface area (Å²) in [5, 5.41) is 3.10. The SMILES string of the molecule is Cc1ccc(CC(C)NC(=O)N2CCCN(C(=O)C3CC3)CC2)s1. The van der Waals surface area contributed by atoms with Crippen LogP contribution in [0.5, 0.6) is 0 Å². The van der Waals surface area contributed by atoms with Crippen molar-refractivity contribution in [3.63, 3.8) is 0 Å². The quantitative estimate of drug-likeness (QED) is 0.908. The zero-order valence-electron chi connectivity index (χ0n) is 14.6. The van der Waals surface area contributed by atoms with Crippen molar-refractivity contribution in [1.82, 2.24) is 15.1 Å². The molecule has 3 rings (SSSR count). The zero-order valence-corrected chi connectivity index (χ0v) is 15.4. The van der Waals surface area contributed by atoms with Gasteiger partial charge < -0.3 is 15.1 Å². The third-order valence-corrected chi connectivity index (χ3v) is 5.72. The predicted octanol–water partition coefficient (Wildman–Crippen LogP) is 2.64. The average Bonchev–Trinajstić information content (AvgIpc) is 3.34. The number of thiophene rings is 1. The molecule has 1 aromatic heterocycles. The first-order chi connectivity index (χ1) is 11.5. The minimum Gasteiger partial charge on any atom is -0.341 e. The Morgan fingerprint density at radius 2 is 1.92 bits per heavy atom. The summed E-state index contributed by atoms with van der Waals surface area (Å²) in [4.78, 5) is 31.1. The summed E-state index contributed by atoms with van der Waals surface area (Å²) in [5.41, 5.74) is 0. The lowest BCUT2D eigenvalue weighted by Gasteiger charge is -2.24. The van der Waals surface area contributed by atoms with Gasteiger partial charge in [-0.3, -0.25) is 4.79 Å². The highest BCUT2D eigenvalue weighted by Crippen LogP contribution is 2.31. The van der Waals surface area contributed by atoms with Gasteiger partial charge in [-0.15, -0.1) is 11.3 Å². The van der Waals surface area contributed by atoms with Crippen LogP contribution < -0.4 is 5.32 Å². The Morgan fingerprint density at radius 3 is 2.58 bits per heavy atom. The maximum atomic E-state index is 12.5. The third kappa shape index (κ3) is 4.50. The first kappa shape index (κ1) is 17.3. The largest absolute Gasteiger partial charge is 0.341 e. The number of aryl methyl sites for hydroxylation is 1. The van der Waals surface area contributed by atoms with Gasteiger partial charge in [0, 0.05) is 54.3 Å². The maximum Gasteiger partial charge on any atom is 0.317 e. The van der Waals surface area contributed by atoms with Crippen LogP contribution in [0, 0.1) is 12.8 Å². The number of nitrogens with one attached hydrogen (secondary N) is 1. The second kappa shape index (κ2) is 7.55. The number of carbonyl (C=O) groups excluding carboxylic acids is 2. The molecule has 24 heavy (non-hydrogen) atoms. The second-order valence-electron chi connectivity index (χ2n) is 7.01. The van der Waals surface area contributed by atoms with Gasteiger partial charge in [-0.2, -0.15) is 0 Å². The van der Waals surface area contributed by atoms with Gasteiger partial charge in [0.15, 0.2) is 0 Å². The van der Waals surface area contributed by atoms with Crippen molar-refractivity contribution in [2.24, 2.45) is 5.92 Å². The zero-order chi connectivity index (χ0) is 17.1. The Balaban J connectivity index is 1.46. The number of hydrogen-bond donors (Lipinski definition) is 1. The predicted molar refractivity (Wildman–Crippen MR) is 96.2 cm³/mol. The van der Waals surface area contributed by atoms with E-state index in [9.17, 15) is 9.59 Å². The second-order valence-corrected chi connectivity index (χ2v) is 8.38. The van der Waals surface area contributed by atoms with Crippen molar-refractivity contribution in [1.29, 1.82) is 0 Å². The summed E-state index contributed by atoms with van der Waals surface area (Å²) >= 11 is 1.79. The number of urea groups is 1. The average molecular weight is 350 g/mol. The Hall–Kier alpha value is -1.56. The van der Waals surface area contributed by atoms with E-state index in [0.717, 1.165) is 38.8 Å². The van der Waals surface area contributed by atoms with E-state index >= 15 is 0 Å². The molecular weight excluding hydrogens is 322 g/mol. The van der Waals surface area contributed by atoms with Gasteiger partial charge >= 0.3 is 6.03 Å². The van der Waals surface area contributed by atoms with Gasteiger partial charge in [-0.1, -0.05) is 0 Å². The van der Waals surface area contributed by atoms with E-state index in [0.29, 0.717) is 19.0 Å². The summed E-state index contributed by atoms with van der Waals surface area (Å²) in [7, 11) is 0. The van der Waals surface area contributed by atoms with Gasteiger partial charge in [-0.05, 0) is 45.2 Å². The molecule has 1 aliphatic carbocycles. The van der Waals surface area contributed by atoms with Gasteiger partial charge in [-0.25, -0.2) is 4.79 Å². The molecule has 132 valence electrons. The van der Waals surface area contributed by atoms with E-state index in [1.165, 1.54) is 9.75 Å². The van der Waals surface area contributed by atoms with Crippen LogP contribution in [-0.4, -0.2) is 54.0 Å². The molecule has 3 amide bonds. The highest BCUT2D eigenvalue weighted by Gasteiger charge is 2.34. The van der Waals surface area contributed by atoms with Crippen LogP contribution in [0.15, 0.2) is 12.1 Å². The van der Waals surface area contributed by atoms with Crippen LogP contribution in [0.3, 0.4) is 0 Å².